The van der Waals surface area contributed by atoms with Crippen molar-refractivity contribution < 1.29 is 13.2 Å². The quantitative estimate of drug-likeness (QED) is 0.509. The molecule has 0 bridgehead atoms. The fraction of sp³-hybridized carbons (Fsp3) is 0.556. The Balaban J connectivity index is 1.51. The van der Waals surface area contributed by atoms with Gasteiger partial charge in [-0.05, 0) is 43.4 Å². The first-order valence-corrected chi connectivity index (χ1v) is 10.5. The Morgan fingerprint density at radius 2 is 1.96 bits per heavy atom. The van der Waals surface area contributed by atoms with Crippen LogP contribution in [0.15, 0.2) is 30.6 Å². The second kappa shape index (κ2) is 10.3. The maximum Gasteiger partial charge on any atom is 0.243 e. The Morgan fingerprint density at radius 3 is 2.68 bits per heavy atom. The van der Waals surface area contributed by atoms with E-state index in [1.165, 1.54) is 6.08 Å². The number of carbonyl (C=O) groups excluding carboxylic acids is 1. The molecule has 0 spiro atoms. The number of pyridine rings is 1. The molecule has 0 aliphatic carbocycles. The van der Waals surface area contributed by atoms with Crippen molar-refractivity contribution in [3.8, 4) is 0 Å². The zero-order valence-corrected chi connectivity index (χ0v) is 15.4. The molecule has 1 aromatic rings. The normalized spacial score (nSPS) is 15.7. The monoisotopic (exact) mass is 365 g/mol. The summed E-state index contributed by atoms with van der Waals surface area (Å²) >= 11 is 0. The first-order chi connectivity index (χ1) is 12.1. The lowest BCUT2D eigenvalue weighted by molar-refractivity contribution is -0.116. The van der Waals surface area contributed by atoms with Gasteiger partial charge in [-0.15, -0.1) is 0 Å². The Kier molecular flexibility index (Phi) is 8.08. The van der Waals surface area contributed by atoms with E-state index in [1.54, 1.807) is 22.8 Å². The predicted molar refractivity (Wildman–Crippen MR) is 99.3 cm³/mol. The van der Waals surface area contributed by atoms with Crippen molar-refractivity contribution in [3.05, 3.63) is 36.2 Å². The minimum atomic E-state index is -3.05. The van der Waals surface area contributed by atoms with Crippen LogP contribution in [0.2, 0.25) is 0 Å². The van der Waals surface area contributed by atoms with E-state index in [0.717, 1.165) is 37.7 Å². The standard InChI is InChI=1S/C18H27N3O3S/c22-18(10-9-17-8-7-11-19-16-17)20-12-3-1-2-6-15-25(23,24)21-13-4-5-14-21/h7-11,16H,1-6,12-15H2,(H,20,22). The van der Waals surface area contributed by atoms with Crippen LogP contribution < -0.4 is 5.32 Å². The second-order valence-corrected chi connectivity index (χ2v) is 8.34. The highest BCUT2D eigenvalue weighted by atomic mass is 32.2. The van der Waals surface area contributed by atoms with Crippen LogP contribution in [0, 0.1) is 0 Å². The molecule has 1 aromatic heterocycles. The highest BCUT2D eigenvalue weighted by Gasteiger charge is 2.24. The molecule has 1 aliphatic rings. The summed E-state index contributed by atoms with van der Waals surface area (Å²) < 4.78 is 25.7. The smallest absolute Gasteiger partial charge is 0.243 e. The van der Waals surface area contributed by atoms with E-state index in [2.05, 4.69) is 10.3 Å². The molecule has 1 fully saturated rings. The molecule has 0 saturated carbocycles. The van der Waals surface area contributed by atoms with Crippen molar-refractivity contribution in [2.75, 3.05) is 25.4 Å². The molecule has 1 N–H and O–H groups in total. The number of amides is 1. The van der Waals surface area contributed by atoms with Crippen molar-refractivity contribution in [3.63, 3.8) is 0 Å². The maximum atomic E-state index is 12.1. The van der Waals surface area contributed by atoms with Gasteiger partial charge in [-0.2, -0.15) is 0 Å². The third-order valence-corrected chi connectivity index (χ3v) is 6.15. The fourth-order valence-corrected chi connectivity index (χ4v) is 4.42. The summed E-state index contributed by atoms with van der Waals surface area (Å²) in [7, 11) is -3.05. The molecular formula is C18H27N3O3S. The van der Waals surface area contributed by atoms with E-state index in [1.807, 2.05) is 12.1 Å². The summed E-state index contributed by atoms with van der Waals surface area (Å²) in [6, 6.07) is 3.70. The molecule has 7 heteroatoms. The topological polar surface area (TPSA) is 79.4 Å². The highest BCUT2D eigenvalue weighted by Crippen LogP contribution is 2.14. The van der Waals surface area contributed by atoms with Gasteiger partial charge in [0.2, 0.25) is 15.9 Å². The molecule has 0 atom stereocenters. The predicted octanol–water partition coefficient (Wildman–Crippen LogP) is 2.20. The highest BCUT2D eigenvalue weighted by molar-refractivity contribution is 7.89. The van der Waals surface area contributed by atoms with Crippen LogP contribution in [-0.2, 0) is 14.8 Å². The van der Waals surface area contributed by atoms with Crippen LogP contribution >= 0.6 is 0 Å². The van der Waals surface area contributed by atoms with Gasteiger partial charge in [0.1, 0.15) is 0 Å². The molecule has 0 unspecified atom stereocenters. The van der Waals surface area contributed by atoms with Crippen LogP contribution in [0.1, 0.15) is 44.1 Å². The number of aromatic nitrogens is 1. The van der Waals surface area contributed by atoms with Crippen molar-refractivity contribution in [1.29, 1.82) is 0 Å². The van der Waals surface area contributed by atoms with Gasteiger partial charge in [0.25, 0.3) is 0 Å². The molecule has 0 aromatic carbocycles. The molecular weight excluding hydrogens is 338 g/mol. The van der Waals surface area contributed by atoms with E-state index in [0.29, 0.717) is 26.1 Å². The number of unbranched alkanes of at least 4 members (excludes halogenated alkanes) is 3. The van der Waals surface area contributed by atoms with Crippen LogP contribution in [-0.4, -0.2) is 49.0 Å². The molecule has 6 nitrogen and oxygen atoms in total. The summed E-state index contributed by atoms with van der Waals surface area (Å²) in [4.78, 5) is 15.7. The average Bonchev–Trinajstić information content (AvgIpc) is 3.15. The van der Waals surface area contributed by atoms with Crippen molar-refractivity contribution >= 4 is 22.0 Å². The molecule has 2 rings (SSSR count). The van der Waals surface area contributed by atoms with E-state index in [-0.39, 0.29) is 11.7 Å². The Hall–Kier alpha value is -1.73. The van der Waals surface area contributed by atoms with Gasteiger partial charge >= 0.3 is 0 Å². The van der Waals surface area contributed by atoms with Crippen LogP contribution in [0.3, 0.4) is 0 Å². The Bertz CT molecular complexity index is 653. The number of nitrogens with one attached hydrogen (secondary N) is 1. The number of hydrogen-bond donors (Lipinski definition) is 1. The number of nitrogens with zero attached hydrogens (tertiary/aromatic N) is 2. The minimum Gasteiger partial charge on any atom is -0.353 e. The molecule has 25 heavy (non-hydrogen) atoms. The summed E-state index contributed by atoms with van der Waals surface area (Å²) in [6.07, 6.45) is 11.9. The molecule has 0 radical (unpaired) electrons. The third kappa shape index (κ3) is 7.36. The van der Waals surface area contributed by atoms with Crippen LogP contribution in [0.25, 0.3) is 6.08 Å². The number of rotatable bonds is 10. The fourth-order valence-electron chi connectivity index (χ4n) is 2.78. The van der Waals surface area contributed by atoms with Crippen LogP contribution in [0.5, 0.6) is 0 Å². The van der Waals surface area contributed by atoms with Gasteiger partial charge in [-0.1, -0.05) is 18.9 Å². The Labute approximate surface area is 150 Å². The van der Waals surface area contributed by atoms with E-state index in [4.69, 9.17) is 0 Å². The third-order valence-electron chi connectivity index (χ3n) is 4.20. The average molecular weight is 365 g/mol. The molecule has 1 aliphatic heterocycles. The SMILES string of the molecule is O=C(C=Cc1cccnc1)NCCCCCCS(=O)(=O)N1CCCC1. The van der Waals surface area contributed by atoms with E-state index >= 15 is 0 Å². The summed E-state index contributed by atoms with van der Waals surface area (Å²) in [5.41, 5.74) is 0.886. The molecule has 1 amide bonds. The van der Waals surface area contributed by atoms with Gasteiger partial charge in [-0.25, -0.2) is 12.7 Å². The Morgan fingerprint density at radius 1 is 1.20 bits per heavy atom. The molecule has 1 saturated heterocycles. The van der Waals surface area contributed by atoms with Crippen molar-refractivity contribution in [1.82, 2.24) is 14.6 Å². The number of sulfonamides is 1. The lowest BCUT2D eigenvalue weighted by Gasteiger charge is -2.15. The number of hydrogen-bond acceptors (Lipinski definition) is 4. The van der Waals surface area contributed by atoms with Gasteiger partial charge in [0.15, 0.2) is 0 Å². The molecule has 2 heterocycles. The zero-order valence-electron chi connectivity index (χ0n) is 14.6. The minimum absolute atomic E-state index is 0.125. The lowest BCUT2D eigenvalue weighted by atomic mass is 10.2. The van der Waals surface area contributed by atoms with E-state index in [9.17, 15) is 13.2 Å². The maximum absolute atomic E-state index is 12.1. The first-order valence-electron chi connectivity index (χ1n) is 8.92. The van der Waals surface area contributed by atoms with Gasteiger partial charge in [-0.3, -0.25) is 9.78 Å². The molecule has 138 valence electrons. The summed E-state index contributed by atoms with van der Waals surface area (Å²) in [5, 5.41) is 2.83. The summed E-state index contributed by atoms with van der Waals surface area (Å²) in [6.45, 7) is 1.97. The van der Waals surface area contributed by atoms with Crippen molar-refractivity contribution in [2.24, 2.45) is 0 Å². The first kappa shape index (κ1) is 19.6. The second-order valence-electron chi connectivity index (χ2n) is 6.25. The van der Waals surface area contributed by atoms with Crippen LogP contribution in [0.4, 0.5) is 0 Å². The van der Waals surface area contributed by atoms with E-state index < -0.39 is 10.0 Å². The lowest BCUT2D eigenvalue weighted by Crippen LogP contribution is -2.30. The van der Waals surface area contributed by atoms with Gasteiger partial charge in [0, 0.05) is 38.1 Å². The van der Waals surface area contributed by atoms with Gasteiger partial charge in [0.05, 0.1) is 5.75 Å². The number of carbonyl (C=O) groups is 1. The van der Waals surface area contributed by atoms with Gasteiger partial charge < -0.3 is 5.32 Å². The zero-order chi connectivity index (χ0) is 18.0. The summed E-state index contributed by atoms with van der Waals surface area (Å²) in [5.74, 6) is 0.119. The van der Waals surface area contributed by atoms with Crippen molar-refractivity contribution in [2.45, 2.75) is 38.5 Å². The largest absolute Gasteiger partial charge is 0.353 e.